The molecule has 0 fully saturated rings. The van der Waals surface area contributed by atoms with Crippen molar-refractivity contribution in [1.82, 2.24) is 0 Å². The molecule has 1 atom stereocenters. The minimum Gasteiger partial charge on any atom is -0.372 e. The van der Waals surface area contributed by atoms with Gasteiger partial charge in [0, 0.05) is 13.5 Å². The summed E-state index contributed by atoms with van der Waals surface area (Å²) in [6, 6.07) is 9.65. The molecule has 0 saturated heterocycles. The van der Waals surface area contributed by atoms with Crippen molar-refractivity contribution < 1.29 is 4.79 Å². The highest BCUT2D eigenvalue weighted by atomic mass is 16.2. The summed E-state index contributed by atoms with van der Waals surface area (Å²) >= 11 is 0. The Kier molecular flexibility index (Phi) is 3.29. The maximum atomic E-state index is 12.1. The number of rotatable bonds is 3. The van der Waals surface area contributed by atoms with Gasteiger partial charge in [-0.05, 0) is 25.0 Å². The van der Waals surface area contributed by atoms with Gasteiger partial charge < -0.3 is 10.2 Å². The van der Waals surface area contributed by atoms with Crippen molar-refractivity contribution in [2.45, 2.75) is 25.3 Å². The summed E-state index contributed by atoms with van der Waals surface area (Å²) in [7, 11) is 1.79. The van der Waals surface area contributed by atoms with Crippen LogP contribution in [-0.4, -0.2) is 19.0 Å². The summed E-state index contributed by atoms with van der Waals surface area (Å²) in [4.78, 5) is 13.7. The van der Waals surface area contributed by atoms with Crippen LogP contribution in [0.1, 0.15) is 19.3 Å². The summed E-state index contributed by atoms with van der Waals surface area (Å²) in [6.45, 7) is 0. The van der Waals surface area contributed by atoms with Crippen LogP contribution in [0.15, 0.2) is 24.3 Å². The highest BCUT2D eigenvalue weighted by Gasteiger charge is 2.29. The number of fused-ring (bicyclic) bond motifs is 1. The summed E-state index contributed by atoms with van der Waals surface area (Å²) in [6.07, 6.45) is 1.94. The summed E-state index contributed by atoms with van der Waals surface area (Å²) < 4.78 is 0. The van der Waals surface area contributed by atoms with E-state index >= 15 is 0 Å². The third kappa shape index (κ3) is 2.23. The standard InChI is InChI=1S/C13H15N3O/c1-16-12-8-3-2-6-10(12)15-11(13(16)17)7-4-5-9-14/h2-3,6,8,11,15H,4-5,7H2,1H3/t11-/m0/s1. The molecule has 1 N–H and O–H groups in total. The molecule has 0 radical (unpaired) electrons. The van der Waals surface area contributed by atoms with Crippen molar-refractivity contribution >= 4 is 17.3 Å². The Balaban J connectivity index is 2.14. The SMILES string of the molecule is CN1C(=O)[C@H](CCCC#N)Nc2ccccc21. The van der Waals surface area contributed by atoms with Crippen LogP contribution >= 0.6 is 0 Å². The van der Waals surface area contributed by atoms with E-state index in [2.05, 4.69) is 11.4 Å². The van der Waals surface area contributed by atoms with Gasteiger partial charge in [-0.3, -0.25) is 4.79 Å². The number of nitrogens with one attached hydrogen (secondary N) is 1. The molecule has 2 rings (SSSR count). The van der Waals surface area contributed by atoms with Gasteiger partial charge in [-0.1, -0.05) is 12.1 Å². The molecule has 88 valence electrons. The van der Waals surface area contributed by atoms with Crippen molar-refractivity contribution in [3.05, 3.63) is 24.3 Å². The lowest BCUT2D eigenvalue weighted by molar-refractivity contribution is -0.119. The molecule has 0 aromatic heterocycles. The molecule has 1 aromatic carbocycles. The summed E-state index contributed by atoms with van der Waals surface area (Å²) in [5, 5.41) is 11.7. The Morgan fingerprint density at radius 2 is 2.24 bits per heavy atom. The molecule has 1 heterocycles. The van der Waals surface area contributed by atoms with Crippen molar-refractivity contribution in [2.24, 2.45) is 0 Å². The van der Waals surface area contributed by atoms with E-state index < -0.39 is 0 Å². The first-order valence-corrected chi connectivity index (χ1v) is 5.74. The van der Waals surface area contributed by atoms with Gasteiger partial charge in [0.15, 0.2) is 0 Å². The number of unbranched alkanes of at least 4 members (excludes halogenated alkanes) is 1. The zero-order chi connectivity index (χ0) is 12.3. The monoisotopic (exact) mass is 229 g/mol. The number of benzene rings is 1. The van der Waals surface area contributed by atoms with Crippen LogP contribution in [0.25, 0.3) is 0 Å². The summed E-state index contributed by atoms with van der Waals surface area (Å²) in [5.74, 6) is 0.0710. The van der Waals surface area contributed by atoms with Crippen molar-refractivity contribution in [2.75, 3.05) is 17.3 Å². The predicted molar refractivity (Wildman–Crippen MR) is 66.7 cm³/mol. The zero-order valence-electron chi connectivity index (χ0n) is 9.81. The van der Waals surface area contributed by atoms with Gasteiger partial charge in [-0.2, -0.15) is 5.26 Å². The predicted octanol–water partition coefficient (Wildman–Crippen LogP) is 2.14. The minimum absolute atomic E-state index is 0.0710. The van der Waals surface area contributed by atoms with E-state index in [0.717, 1.165) is 17.8 Å². The van der Waals surface area contributed by atoms with E-state index in [1.54, 1.807) is 11.9 Å². The van der Waals surface area contributed by atoms with Crippen LogP contribution < -0.4 is 10.2 Å². The normalized spacial score (nSPS) is 18.2. The van der Waals surface area contributed by atoms with E-state index in [4.69, 9.17) is 5.26 Å². The van der Waals surface area contributed by atoms with Gasteiger partial charge in [-0.15, -0.1) is 0 Å². The average molecular weight is 229 g/mol. The third-order valence-corrected chi connectivity index (χ3v) is 3.01. The second kappa shape index (κ2) is 4.88. The number of likely N-dealkylation sites (N-methyl/N-ethyl adjacent to an activating group) is 1. The number of nitriles is 1. The quantitative estimate of drug-likeness (QED) is 0.808. The number of carbonyl (C=O) groups is 1. The highest BCUT2D eigenvalue weighted by Crippen LogP contribution is 2.30. The second-order valence-corrected chi connectivity index (χ2v) is 4.16. The Bertz CT molecular complexity index is 464. The molecule has 4 nitrogen and oxygen atoms in total. The first-order chi connectivity index (χ1) is 8.24. The molecule has 0 unspecified atom stereocenters. The van der Waals surface area contributed by atoms with Crippen LogP contribution in [0.2, 0.25) is 0 Å². The number of nitrogens with zero attached hydrogens (tertiary/aromatic N) is 2. The average Bonchev–Trinajstić information content (AvgIpc) is 2.35. The number of anilines is 2. The van der Waals surface area contributed by atoms with Crippen LogP contribution in [-0.2, 0) is 4.79 Å². The van der Waals surface area contributed by atoms with Crippen molar-refractivity contribution in [1.29, 1.82) is 5.26 Å². The largest absolute Gasteiger partial charge is 0.372 e. The van der Waals surface area contributed by atoms with Gasteiger partial charge in [0.25, 0.3) is 0 Å². The van der Waals surface area contributed by atoms with E-state index in [1.807, 2.05) is 24.3 Å². The Hall–Kier alpha value is -2.02. The molecular weight excluding hydrogens is 214 g/mol. The fourth-order valence-electron chi connectivity index (χ4n) is 2.07. The number of hydrogen-bond acceptors (Lipinski definition) is 3. The molecule has 0 aliphatic carbocycles. The molecule has 0 saturated carbocycles. The topological polar surface area (TPSA) is 56.1 Å². The maximum absolute atomic E-state index is 12.1. The highest BCUT2D eigenvalue weighted by molar-refractivity contribution is 6.04. The molecule has 1 aliphatic heterocycles. The summed E-state index contributed by atoms with van der Waals surface area (Å²) in [5.41, 5.74) is 1.89. The zero-order valence-corrected chi connectivity index (χ0v) is 9.81. The molecule has 1 aromatic rings. The van der Waals surface area contributed by atoms with Gasteiger partial charge >= 0.3 is 0 Å². The number of hydrogen-bond donors (Lipinski definition) is 1. The molecular formula is C13H15N3O. The van der Waals surface area contributed by atoms with Gasteiger partial charge in [-0.25, -0.2) is 0 Å². The lowest BCUT2D eigenvalue weighted by Gasteiger charge is -2.32. The van der Waals surface area contributed by atoms with Crippen LogP contribution in [0.5, 0.6) is 0 Å². The first kappa shape index (κ1) is 11.5. The molecule has 17 heavy (non-hydrogen) atoms. The van der Waals surface area contributed by atoms with Gasteiger partial charge in [0.2, 0.25) is 5.91 Å². The third-order valence-electron chi connectivity index (χ3n) is 3.01. The minimum atomic E-state index is -0.205. The van der Waals surface area contributed by atoms with Crippen LogP contribution in [0, 0.1) is 11.3 Å². The Morgan fingerprint density at radius 3 is 3.00 bits per heavy atom. The lowest BCUT2D eigenvalue weighted by atomic mass is 10.0. The molecule has 4 heteroatoms. The lowest BCUT2D eigenvalue weighted by Crippen LogP contribution is -2.45. The maximum Gasteiger partial charge on any atom is 0.249 e. The van der Waals surface area contributed by atoms with Crippen LogP contribution in [0.3, 0.4) is 0 Å². The van der Waals surface area contributed by atoms with Crippen molar-refractivity contribution in [3.8, 4) is 6.07 Å². The van der Waals surface area contributed by atoms with E-state index in [9.17, 15) is 4.79 Å². The fraction of sp³-hybridized carbons (Fsp3) is 0.385. The number of amides is 1. The molecule has 1 amide bonds. The molecule has 1 aliphatic rings. The Morgan fingerprint density at radius 1 is 1.47 bits per heavy atom. The fourth-order valence-corrected chi connectivity index (χ4v) is 2.07. The van der Waals surface area contributed by atoms with E-state index in [0.29, 0.717) is 12.8 Å². The molecule has 0 bridgehead atoms. The number of para-hydroxylation sites is 2. The molecule has 0 spiro atoms. The van der Waals surface area contributed by atoms with Crippen molar-refractivity contribution in [3.63, 3.8) is 0 Å². The van der Waals surface area contributed by atoms with Crippen LogP contribution in [0.4, 0.5) is 11.4 Å². The smallest absolute Gasteiger partial charge is 0.249 e. The first-order valence-electron chi connectivity index (χ1n) is 5.74. The van der Waals surface area contributed by atoms with Gasteiger partial charge in [0.1, 0.15) is 6.04 Å². The van der Waals surface area contributed by atoms with Gasteiger partial charge in [0.05, 0.1) is 17.4 Å². The number of carbonyl (C=O) groups excluding carboxylic acids is 1. The Labute approximate surface area is 101 Å². The van der Waals surface area contributed by atoms with E-state index in [-0.39, 0.29) is 11.9 Å². The second-order valence-electron chi connectivity index (χ2n) is 4.16. The van der Waals surface area contributed by atoms with E-state index in [1.165, 1.54) is 0 Å².